The first kappa shape index (κ1) is 27.6. The summed E-state index contributed by atoms with van der Waals surface area (Å²) in [6.07, 6.45) is 4.51. The molecule has 0 unspecified atom stereocenters. The van der Waals surface area contributed by atoms with Crippen molar-refractivity contribution in [1.29, 1.82) is 5.26 Å². The molecule has 0 radical (unpaired) electrons. The van der Waals surface area contributed by atoms with E-state index >= 15 is 0 Å². The van der Waals surface area contributed by atoms with Crippen LogP contribution in [0.3, 0.4) is 0 Å². The molecule has 39 heavy (non-hydrogen) atoms. The lowest BCUT2D eigenvalue weighted by Gasteiger charge is -2.15. The molecule has 0 bridgehead atoms. The maximum atomic E-state index is 13.6. The summed E-state index contributed by atoms with van der Waals surface area (Å²) >= 11 is 1.93. The molecule has 9 nitrogen and oxygen atoms in total. The van der Waals surface area contributed by atoms with Gasteiger partial charge in [-0.3, -0.25) is 24.3 Å². The van der Waals surface area contributed by atoms with Gasteiger partial charge in [0.1, 0.15) is 22.1 Å². The number of rotatable bonds is 6. The van der Waals surface area contributed by atoms with E-state index in [1.54, 1.807) is 32.9 Å². The quantitative estimate of drug-likeness (QED) is 0.196. The largest absolute Gasteiger partial charge is 0.293 e. The first-order valence-corrected chi connectivity index (χ1v) is 13.0. The SMILES string of the molecule is CC(C)(C)C(=O)/C(C#N)=c1/s/c(=C\c2ccc(Sc3ncccn3)c([N+](=O)[O-])c2)c(=O)n1-c1ccc(F)cc1. The molecule has 196 valence electrons. The van der Waals surface area contributed by atoms with Crippen molar-refractivity contribution >= 4 is 46.2 Å². The van der Waals surface area contributed by atoms with Crippen LogP contribution in [0, 0.1) is 32.7 Å². The molecular formula is C27H20FN5O4S2. The Balaban J connectivity index is 1.95. The predicted molar refractivity (Wildman–Crippen MR) is 145 cm³/mol. The number of Topliss-reactive ketones (excluding diaryl/α,β-unsaturated/α-hetero) is 1. The van der Waals surface area contributed by atoms with Gasteiger partial charge >= 0.3 is 0 Å². The summed E-state index contributed by atoms with van der Waals surface area (Å²) in [5, 5.41) is 22.1. The second kappa shape index (κ2) is 11.1. The third-order valence-electron chi connectivity index (χ3n) is 5.36. The number of carbonyl (C=O) groups excluding carboxylic acids is 1. The van der Waals surface area contributed by atoms with Gasteiger partial charge in [-0.15, -0.1) is 11.3 Å². The van der Waals surface area contributed by atoms with Crippen LogP contribution in [0.2, 0.25) is 0 Å². The predicted octanol–water partition coefficient (Wildman–Crippen LogP) is 4.01. The number of thiazole rings is 1. The van der Waals surface area contributed by atoms with E-state index in [0.717, 1.165) is 23.1 Å². The molecule has 0 saturated heterocycles. The Labute approximate surface area is 229 Å². The van der Waals surface area contributed by atoms with Crippen molar-refractivity contribution in [1.82, 2.24) is 14.5 Å². The molecule has 0 amide bonds. The molecule has 0 spiro atoms. The summed E-state index contributed by atoms with van der Waals surface area (Å²) in [6, 6.07) is 13.1. The second-order valence-corrected chi connectivity index (χ2v) is 11.3. The highest BCUT2D eigenvalue weighted by Gasteiger charge is 2.27. The summed E-state index contributed by atoms with van der Waals surface area (Å²) in [5.41, 5.74) is -1.26. The third-order valence-corrected chi connectivity index (χ3v) is 7.41. The lowest BCUT2D eigenvalue weighted by Crippen LogP contribution is -2.33. The number of carbonyl (C=O) groups is 1. The zero-order valence-electron chi connectivity index (χ0n) is 20.9. The molecule has 0 N–H and O–H groups in total. The van der Waals surface area contributed by atoms with Crippen molar-refractivity contribution in [3.05, 3.63) is 102 Å². The van der Waals surface area contributed by atoms with Crippen LogP contribution >= 0.6 is 23.1 Å². The van der Waals surface area contributed by atoms with Gasteiger partial charge in [0.2, 0.25) is 0 Å². The fourth-order valence-corrected chi connectivity index (χ4v) is 5.39. The number of hydrogen-bond acceptors (Lipinski definition) is 9. The van der Waals surface area contributed by atoms with Gasteiger partial charge in [0, 0.05) is 23.9 Å². The topological polar surface area (TPSA) is 132 Å². The molecule has 0 atom stereocenters. The van der Waals surface area contributed by atoms with Crippen LogP contribution in [0.5, 0.6) is 0 Å². The normalized spacial score (nSPS) is 12.6. The number of nitro groups is 1. The Hall–Kier alpha value is -4.47. The van der Waals surface area contributed by atoms with Gasteiger partial charge in [0.25, 0.3) is 11.2 Å². The number of aromatic nitrogens is 3. The van der Waals surface area contributed by atoms with Crippen molar-refractivity contribution in [2.45, 2.75) is 30.8 Å². The zero-order chi connectivity index (χ0) is 28.3. The van der Waals surface area contributed by atoms with Gasteiger partial charge in [-0.2, -0.15) is 5.26 Å². The molecule has 0 fully saturated rings. The minimum absolute atomic E-state index is 0.0863. The van der Waals surface area contributed by atoms with Gasteiger partial charge in [-0.1, -0.05) is 26.8 Å². The number of nitro benzene ring substituents is 1. The molecule has 0 saturated carbocycles. The van der Waals surface area contributed by atoms with E-state index in [1.165, 1.54) is 59.4 Å². The van der Waals surface area contributed by atoms with Crippen LogP contribution in [-0.4, -0.2) is 25.2 Å². The summed E-state index contributed by atoms with van der Waals surface area (Å²) in [6.45, 7) is 4.98. The summed E-state index contributed by atoms with van der Waals surface area (Å²) in [7, 11) is 0. The molecular weight excluding hydrogens is 541 g/mol. The molecule has 4 aromatic rings. The van der Waals surface area contributed by atoms with Crippen molar-refractivity contribution in [2.75, 3.05) is 0 Å². The minimum Gasteiger partial charge on any atom is -0.293 e. The summed E-state index contributed by atoms with van der Waals surface area (Å²) in [4.78, 5) is 46.4. The first-order chi connectivity index (χ1) is 18.5. The van der Waals surface area contributed by atoms with E-state index in [1.807, 2.05) is 6.07 Å². The number of ketones is 1. The van der Waals surface area contributed by atoms with E-state index in [4.69, 9.17) is 0 Å². The number of nitrogens with zero attached hydrogens (tertiary/aromatic N) is 5. The van der Waals surface area contributed by atoms with Crippen molar-refractivity contribution in [3.8, 4) is 11.8 Å². The highest BCUT2D eigenvalue weighted by atomic mass is 32.2. The molecule has 4 rings (SSSR count). The van der Waals surface area contributed by atoms with Gasteiger partial charge in [-0.25, -0.2) is 14.4 Å². The number of benzene rings is 2. The van der Waals surface area contributed by atoms with Crippen LogP contribution in [0.4, 0.5) is 10.1 Å². The summed E-state index contributed by atoms with van der Waals surface area (Å²) in [5.74, 6) is -0.981. The van der Waals surface area contributed by atoms with Crippen LogP contribution in [0.25, 0.3) is 17.3 Å². The van der Waals surface area contributed by atoms with Gasteiger partial charge in [0.05, 0.1) is 20.0 Å². The van der Waals surface area contributed by atoms with Crippen molar-refractivity contribution in [2.24, 2.45) is 5.41 Å². The fourth-order valence-electron chi connectivity index (χ4n) is 3.49. The fraction of sp³-hybridized carbons (Fsp3) is 0.148. The molecule has 0 aliphatic rings. The van der Waals surface area contributed by atoms with E-state index < -0.39 is 27.5 Å². The highest BCUT2D eigenvalue weighted by Crippen LogP contribution is 2.33. The molecule has 2 heterocycles. The Morgan fingerprint density at radius 2 is 1.85 bits per heavy atom. The summed E-state index contributed by atoms with van der Waals surface area (Å²) < 4.78 is 15.0. The standard InChI is InChI=1S/C27H20FN5O4S2/c1-27(2,3)23(34)19(15-29)25-32(18-8-6-17(28)7-9-18)24(35)22(38-25)14-16-5-10-21(20(13-16)33(36)37)39-26-30-11-4-12-31-26/h4-14H,1-3H3/b22-14-,25-19+. The first-order valence-electron chi connectivity index (χ1n) is 11.4. The lowest BCUT2D eigenvalue weighted by atomic mass is 9.87. The van der Waals surface area contributed by atoms with Crippen molar-refractivity contribution in [3.63, 3.8) is 0 Å². The van der Waals surface area contributed by atoms with Crippen LogP contribution in [0.1, 0.15) is 26.3 Å². The minimum atomic E-state index is -0.904. The number of nitriles is 1. The molecule has 2 aromatic heterocycles. The Bertz CT molecular complexity index is 1800. The molecule has 0 aliphatic heterocycles. The van der Waals surface area contributed by atoms with Crippen LogP contribution < -0.4 is 14.8 Å². The van der Waals surface area contributed by atoms with Gasteiger partial charge < -0.3 is 0 Å². The van der Waals surface area contributed by atoms with E-state index in [9.17, 15) is 29.4 Å². The maximum absolute atomic E-state index is 13.6. The number of halogens is 1. The van der Waals surface area contributed by atoms with E-state index in [2.05, 4.69) is 9.97 Å². The van der Waals surface area contributed by atoms with Crippen molar-refractivity contribution < 1.29 is 14.1 Å². The highest BCUT2D eigenvalue weighted by molar-refractivity contribution is 7.99. The Morgan fingerprint density at radius 3 is 2.44 bits per heavy atom. The van der Waals surface area contributed by atoms with E-state index in [0.29, 0.717) is 15.6 Å². The lowest BCUT2D eigenvalue weighted by molar-refractivity contribution is -0.387. The van der Waals surface area contributed by atoms with Gasteiger partial charge in [0.15, 0.2) is 10.9 Å². The molecule has 2 aromatic carbocycles. The van der Waals surface area contributed by atoms with E-state index in [-0.39, 0.29) is 26.1 Å². The van der Waals surface area contributed by atoms with Crippen LogP contribution in [-0.2, 0) is 4.79 Å². The Kier molecular flexibility index (Phi) is 7.85. The monoisotopic (exact) mass is 561 g/mol. The van der Waals surface area contributed by atoms with Gasteiger partial charge in [-0.05, 0) is 59.8 Å². The maximum Gasteiger partial charge on any atom is 0.283 e. The third kappa shape index (κ3) is 6.00. The molecule has 0 aliphatic carbocycles. The van der Waals surface area contributed by atoms with Crippen LogP contribution in [0.15, 0.2) is 75.8 Å². The molecule has 12 heteroatoms. The average Bonchev–Trinajstić information content (AvgIpc) is 3.21. The smallest absolute Gasteiger partial charge is 0.283 e. The number of hydrogen-bond donors (Lipinski definition) is 0. The zero-order valence-corrected chi connectivity index (χ0v) is 22.5. The second-order valence-electron chi connectivity index (χ2n) is 9.22. The Morgan fingerprint density at radius 1 is 1.18 bits per heavy atom. The average molecular weight is 562 g/mol.